The van der Waals surface area contributed by atoms with Gasteiger partial charge in [0.2, 0.25) is 0 Å². The van der Waals surface area contributed by atoms with E-state index < -0.39 is 0 Å². The zero-order valence-electron chi connectivity index (χ0n) is 11.4. The van der Waals surface area contributed by atoms with E-state index in [-0.39, 0.29) is 0 Å². The molecule has 19 heavy (non-hydrogen) atoms. The minimum absolute atomic E-state index is 0.366. The molecule has 0 fully saturated rings. The number of aryl methyl sites for hydroxylation is 1. The number of hydrogen-bond donors (Lipinski definition) is 1. The highest BCUT2D eigenvalue weighted by Gasteiger charge is 2.12. The topological polar surface area (TPSA) is 12.0 Å². The molecule has 102 valence electrons. The van der Waals surface area contributed by atoms with Crippen molar-refractivity contribution in [2.45, 2.75) is 32.7 Å². The third kappa shape index (κ3) is 4.07. The van der Waals surface area contributed by atoms with Crippen LogP contribution in [0.2, 0.25) is 4.34 Å². The van der Waals surface area contributed by atoms with Gasteiger partial charge >= 0.3 is 0 Å². The number of halogens is 1. The number of benzene rings is 1. The molecular formula is C16H20ClNS. The molecule has 1 aromatic carbocycles. The largest absolute Gasteiger partial charge is 0.310 e. The Morgan fingerprint density at radius 1 is 1.11 bits per heavy atom. The summed E-state index contributed by atoms with van der Waals surface area (Å²) in [6, 6.07) is 13.4. The van der Waals surface area contributed by atoms with Crippen molar-refractivity contribution in [3.63, 3.8) is 0 Å². The summed E-state index contributed by atoms with van der Waals surface area (Å²) in [4.78, 5) is 1.33. The molecular weight excluding hydrogens is 274 g/mol. The summed E-state index contributed by atoms with van der Waals surface area (Å²) >= 11 is 7.67. The zero-order valence-corrected chi connectivity index (χ0v) is 13.0. The van der Waals surface area contributed by atoms with Gasteiger partial charge in [-0.2, -0.15) is 0 Å². The molecule has 1 N–H and O–H groups in total. The lowest BCUT2D eigenvalue weighted by molar-refractivity contribution is 0.553. The Morgan fingerprint density at radius 2 is 1.84 bits per heavy atom. The lowest BCUT2D eigenvalue weighted by atomic mass is 10.0. The second kappa shape index (κ2) is 7.09. The Bertz CT molecular complexity index is 504. The second-order valence-electron chi connectivity index (χ2n) is 4.62. The van der Waals surface area contributed by atoms with Gasteiger partial charge in [0.25, 0.3) is 0 Å². The monoisotopic (exact) mass is 293 g/mol. The summed E-state index contributed by atoms with van der Waals surface area (Å²) < 4.78 is 0.867. The molecule has 1 unspecified atom stereocenters. The Balaban J connectivity index is 2.13. The number of nitrogens with one attached hydrogen (secondary N) is 1. The maximum absolute atomic E-state index is 6.00. The van der Waals surface area contributed by atoms with Gasteiger partial charge in [0.15, 0.2) is 0 Å². The van der Waals surface area contributed by atoms with E-state index in [4.69, 9.17) is 11.6 Å². The molecule has 1 nitrogen and oxygen atoms in total. The fourth-order valence-electron chi connectivity index (χ4n) is 2.20. The number of hydrogen-bond acceptors (Lipinski definition) is 2. The zero-order chi connectivity index (χ0) is 13.7. The van der Waals surface area contributed by atoms with Crippen molar-refractivity contribution >= 4 is 22.9 Å². The molecule has 1 heterocycles. The molecule has 2 rings (SSSR count). The van der Waals surface area contributed by atoms with Crippen molar-refractivity contribution in [1.82, 2.24) is 5.32 Å². The van der Waals surface area contributed by atoms with Gasteiger partial charge in [-0.3, -0.25) is 0 Å². The summed E-state index contributed by atoms with van der Waals surface area (Å²) in [5.41, 5.74) is 2.74. The van der Waals surface area contributed by atoms with E-state index in [0.29, 0.717) is 6.04 Å². The van der Waals surface area contributed by atoms with E-state index in [9.17, 15) is 0 Å². The third-order valence-electron chi connectivity index (χ3n) is 3.28. The van der Waals surface area contributed by atoms with Gasteiger partial charge < -0.3 is 5.32 Å². The van der Waals surface area contributed by atoms with Crippen LogP contribution in [0.1, 0.15) is 35.9 Å². The number of thiophene rings is 1. The van der Waals surface area contributed by atoms with Crippen molar-refractivity contribution in [2.75, 3.05) is 6.54 Å². The molecule has 0 aliphatic rings. The quantitative estimate of drug-likeness (QED) is 0.802. The normalized spacial score (nSPS) is 12.6. The van der Waals surface area contributed by atoms with E-state index in [1.165, 1.54) is 16.0 Å². The van der Waals surface area contributed by atoms with Crippen LogP contribution < -0.4 is 5.32 Å². The fraction of sp³-hybridized carbons (Fsp3) is 0.375. The molecule has 0 saturated carbocycles. The second-order valence-corrected chi connectivity index (χ2v) is 6.41. The van der Waals surface area contributed by atoms with E-state index in [0.717, 1.165) is 23.7 Å². The lowest BCUT2D eigenvalue weighted by Crippen LogP contribution is -2.22. The first-order chi connectivity index (χ1) is 9.22. The van der Waals surface area contributed by atoms with Gasteiger partial charge in [-0.25, -0.2) is 0 Å². The van der Waals surface area contributed by atoms with Crippen LogP contribution in [-0.2, 0) is 12.8 Å². The maximum Gasteiger partial charge on any atom is 0.0931 e. The minimum atomic E-state index is 0.366. The Hall–Kier alpha value is -0.830. The van der Waals surface area contributed by atoms with Crippen LogP contribution in [0, 0.1) is 0 Å². The van der Waals surface area contributed by atoms with Crippen LogP contribution in [0.5, 0.6) is 0 Å². The molecule has 0 aliphatic heterocycles. The predicted molar refractivity (Wildman–Crippen MR) is 85.3 cm³/mol. The maximum atomic E-state index is 6.00. The van der Waals surface area contributed by atoms with Crippen LogP contribution in [0.4, 0.5) is 0 Å². The summed E-state index contributed by atoms with van der Waals surface area (Å²) in [6.07, 6.45) is 2.09. The van der Waals surface area contributed by atoms with E-state index in [2.05, 4.69) is 49.5 Å². The molecule has 0 aliphatic carbocycles. The molecule has 1 atom stereocenters. The standard InChI is InChI=1S/C16H20ClNS/c1-3-12-5-7-13(8-6-12)15(18-4-2)11-14-9-10-16(17)19-14/h5-10,15,18H,3-4,11H2,1-2H3. The fourth-order valence-corrected chi connectivity index (χ4v) is 3.34. The summed E-state index contributed by atoms with van der Waals surface area (Å²) in [5, 5.41) is 3.56. The van der Waals surface area contributed by atoms with Crippen LogP contribution in [-0.4, -0.2) is 6.54 Å². The first-order valence-corrected chi connectivity index (χ1v) is 7.98. The van der Waals surface area contributed by atoms with E-state index in [1.54, 1.807) is 11.3 Å². The third-order valence-corrected chi connectivity index (χ3v) is 4.53. The van der Waals surface area contributed by atoms with Crippen molar-refractivity contribution in [3.8, 4) is 0 Å². The average Bonchev–Trinajstić information content (AvgIpc) is 2.84. The minimum Gasteiger partial charge on any atom is -0.310 e. The summed E-state index contributed by atoms with van der Waals surface area (Å²) in [5.74, 6) is 0. The van der Waals surface area contributed by atoms with Crippen molar-refractivity contribution < 1.29 is 0 Å². The summed E-state index contributed by atoms with van der Waals surface area (Å²) in [7, 11) is 0. The van der Waals surface area contributed by atoms with Crippen LogP contribution in [0.3, 0.4) is 0 Å². The van der Waals surface area contributed by atoms with Gasteiger partial charge in [0.05, 0.1) is 4.34 Å². The first kappa shape index (κ1) is 14.6. The average molecular weight is 294 g/mol. The molecule has 0 saturated heterocycles. The van der Waals surface area contributed by atoms with Gasteiger partial charge in [-0.15, -0.1) is 11.3 Å². The van der Waals surface area contributed by atoms with Gasteiger partial charge in [-0.1, -0.05) is 49.7 Å². The van der Waals surface area contributed by atoms with Crippen LogP contribution in [0.25, 0.3) is 0 Å². The van der Waals surface area contributed by atoms with Crippen LogP contribution in [0.15, 0.2) is 36.4 Å². The summed E-state index contributed by atoms with van der Waals surface area (Å²) in [6.45, 7) is 5.30. The Labute approximate surface area is 124 Å². The highest BCUT2D eigenvalue weighted by Crippen LogP contribution is 2.26. The molecule has 0 bridgehead atoms. The van der Waals surface area contributed by atoms with Crippen LogP contribution >= 0.6 is 22.9 Å². The number of likely N-dealkylation sites (N-methyl/N-ethyl adjacent to an activating group) is 1. The van der Waals surface area contributed by atoms with E-state index >= 15 is 0 Å². The molecule has 0 spiro atoms. The molecule has 3 heteroatoms. The van der Waals surface area contributed by atoms with Crippen molar-refractivity contribution in [3.05, 3.63) is 56.7 Å². The lowest BCUT2D eigenvalue weighted by Gasteiger charge is -2.18. The highest BCUT2D eigenvalue weighted by atomic mass is 35.5. The van der Waals surface area contributed by atoms with Crippen molar-refractivity contribution in [1.29, 1.82) is 0 Å². The van der Waals surface area contributed by atoms with Gasteiger partial charge in [-0.05, 0) is 36.2 Å². The molecule has 2 aromatic rings. The Kier molecular flexibility index (Phi) is 5.44. The first-order valence-electron chi connectivity index (χ1n) is 6.79. The van der Waals surface area contributed by atoms with Gasteiger partial charge in [0, 0.05) is 17.3 Å². The SMILES string of the molecule is CCNC(Cc1ccc(Cl)s1)c1ccc(CC)cc1. The molecule has 0 radical (unpaired) electrons. The molecule has 1 aromatic heterocycles. The smallest absolute Gasteiger partial charge is 0.0931 e. The number of rotatable bonds is 6. The molecule has 0 amide bonds. The Morgan fingerprint density at radius 3 is 2.37 bits per heavy atom. The highest BCUT2D eigenvalue weighted by molar-refractivity contribution is 7.16. The van der Waals surface area contributed by atoms with Gasteiger partial charge in [0.1, 0.15) is 0 Å². The van der Waals surface area contributed by atoms with Crippen molar-refractivity contribution in [2.24, 2.45) is 0 Å². The predicted octanol–water partition coefficient (Wildman–Crippen LogP) is 4.86. The van der Waals surface area contributed by atoms with E-state index in [1.807, 2.05) is 6.07 Å².